The molecule has 2 aromatic carbocycles. The monoisotopic (exact) mass is 359 g/mol. The second kappa shape index (κ2) is 6.24. The van der Waals surface area contributed by atoms with Crippen LogP contribution in [0.5, 0.6) is 0 Å². The molecule has 7 heteroatoms. The third-order valence-electron chi connectivity index (χ3n) is 4.36. The van der Waals surface area contributed by atoms with Gasteiger partial charge in [0.05, 0.1) is 6.54 Å². The molecule has 4 nitrogen and oxygen atoms in total. The highest BCUT2D eigenvalue weighted by Crippen LogP contribution is 2.58. The van der Waals surface area contributed by atoms with Crippen molar-refractivity contribution in [3.63, 3.8) is 0 Å². The lowest BCUT2D eigenvalue weighted by molar-refractivity contribution is 0.256. The zero-order valence-electron chi connectivity index (χ0n) is 13.4. The van der Waals surface area contributed by atoms with Gasteiger partial charge in [-0.05, 0) is 30.0 Å². The van der Waals surface area contributed by atoms with Crippen LogP contribution < -0.4 is 0 Å². The Morgan fingerprint density at radius 2 is 1.92 bits per heavy atom. The van der Waals surface area contributed by atoms with Gasteiger partial charge in [0, 0.05) is 5.56 Å². The van der Waals surface area contributed by atoms with Gasteiger partial charge in [-0.15, -0.1) is 0 Å². The average molecular weight is 359 g/mol. The molecule has 2 heterocycles. The van der Waals surface area contributed by atoms with Crippen LogP contribution in [0.2, 0.25) is 0 Å². The Kier molecular flexibility index (Phi) is 4.05. The summed E-state index contributed by atoms with van der Waals surface area (Å²) < 4.78 is 35.3. The van der Waals surface area contributed by atoms with Gasteiger partial charge in [-0.25, -0.2) is 18.4 Å². The molecule has 1 fully saturated rings. The lowest BCUT2D eigenvalue weighted by Gasteiger charge is -2.15. The van der Waals surface area contributed by atoms with Crippen molar-refractivity contribution in [3.8, 4) is 0 Å². The average Bonchev–Trinajstić information content (AvgIpc) is 3.16. The first-order valence-electron chi connectivity index (χ1n) is 7.74. The van der Waals surface area contributed by atoms with Crippen LogP contribution >= 0.6 is 11.8 Å². The molecule has 0 aliphatic carbocycles. The van der Waals surface area contributed by atoms with Crippen LogP contribution in [0.4, 0.5) is 8.78 Å². The Balaban J connectivity index is 1.75. The summed E-state index contributed by atoms with van der Waals surface area (Å²) in [6.45, 7) is 0.369. The standard InChI is InChI=1S/C18H15F2N3OS/c1-25-17-21-11-22-23(17)10-18(12-6-8-13(19)9-7-12)16(24-18)14-4-2-3-5-15(14)20/h2-9,11,16H,10H2,1H3/t16?,18-/m1/s1. The van der Waals surface area contributed by atoms with Crippen LogP contribution in [-0.2, 0) is 16.9 Å². The number of ether oxygens (including phenoxy) is 1. The maximum Gasteiger partial charge on any atom is 0.185 e. The van der Waals surface area contributed by atoms with E-state index in [9.17, 15) is 8.78 Å². The molecule has 128 valence electrons. The zero-order valence-corrected chi connectivity index (χ0v) is 14.2. The Hall–Kier alpha value is -2.25. The second-order valence-electron chi connectivity index (χ2n) is 5.82. The summed E-state index contributed by atoms with van der Waals surface area (Å²) in [5.74, 6) is -0.646. The zero-order chi connectivity index (χ0) is 17.4. The molecular weight excluding hydrogens is 344 g/mol. The van der Waals surface area contributed by atoms with Gasteiger partial charge >= 0.3 is 0 Å². The van der Waals surface area contributed by atoms with Crippen molar-refractivity contribution in [2.75, 3.05) is 6.26 Å². The molecule has 25 heavy (non-hydrogen) atoms. The van der Waals surface area contributed by atoms with E-state index in [0.29, 0.717) is 12.1 Å². The normalized spacial score (nSPS) is 22.1. The van der Waals surface area contributed by atoms with E-state index in [1.807, 2.05) is 6.26 Å². The van der Waals surface area contributed by atoms with E-state index in [0.717, 1.165) is 10.7 Å². The van der Waals surface area contributed by atoms with Gasteiger partial charge in [0.1, 0.15) is 29.7 Å². The van der Waals surface area contributed by atoms with Crippen LogP contribution in [0.15, 0.2) is 60.0 Å². The molecule has 0 radical (unpaired) electrons. The van der Waals surface area contributed by atoms with Crippen molar-refractivity contribution >= 4 is 11.8 Å². The molecule has 3 aromatic rings. The number of epoxide rings is 1. The maximum atomic E-state index is 14.2. The van der Waals surface area contributed by atoms with E-state index >= 15 is 0 Å². The number of hydrogen-bond donors (Lipinski definition) is 0. The van der Waals surface area contributed by atoms with Crippen LogP contribution in [0.25, 0.3) is 0 Å². The molecular formula is C18H15F2N3OS. The predicted molar refractivity (Wildman–Crippen MR) is 90.1 cm³/mol. The highest BCUT2D eigenvalue weighted by atomic mass is 32.2. The van der Waals surface area contributed by atoms with Gasteiger partial charge < -0.3 is 4.74 Å². The number of aromatic nitrogens is 3. The summed E-state index contributed by atoms with van der Waals surface area (Å²) >= 11 is 1.47. The van der Waals surface area contributed by atoms with Gasteiger partial charge in [0.15, 0.2) is 5.16 Å². The molecule has 4 rings (SSSR count). The van der Waals surface area contributed by atoms with E-state index in [-0.39, 0.29) is 11.6 Å². The summed E-state index contributed by atoms with van der Waals surface area (Å²) in [4.78, 5) is 4.19. The third kappa shape index (κ3) is 2.83. The Morgan fingerprint density at radius 1 is 1.16 bits per heavy atom. The SMILES string of the molecule is CSc1ncnn1C[C@]1(c2ccc(F)cc2)OC1c1ccccc1F. The fraction of sp³-hybridized carbons (Fsp3) is 0.222. The Morgan fingerprint density at radius 3 is 2.64 bits per heavy atom. The van der Waals surface area contributed by atoms with Crippen molar-refractivity contribution in [1.82, 2.24) is 14.8 Å². The fourth-order valence-electron chi connectivity index (χ4n) is 3.08. The lowest BCUT2D eigenvalue weighted by Crippen LogP contribution is -2.20. The molecule has 1 aromatic heterocycles. The van der Waals surface area contributed by atoms with Crippen LogP contribution in [-0.4, -0.2) is 21.0 Å². The number of thioether (sulfide) groups is 1. The van der Waals surface area contributed by atoms with Crippen molar-refractivity contribution in [3.05, 3.63) is 77.6 Å². The van der Waals surface area contributed by atoms with Gasteiger partial charge in [0.25, 0.3) is 0 Å². The van der Waals surface area contributed by atoms with E-state index in [4.69, 9.17) is 4.74 Å². The molecule has 0 saturated carbocycles. The Labute approximate surface area is 147 Å². The highest BCUT2D eigenvalue weighted by molar-refractivity contribution is 7.98. The molecule has 2 atom stereocenters. The Bertz CT molecular complexity index is 899. The van der Waals surface area contributed by atoms with Gasteiger partial charge in [-0.2, -0.15) is 5.10 Å². The van der Waals surface area contributed by atoms with Crippen LogP contribution in [0, 0.1) is 11.6 Å². The molecule has 1 aliphatic heterocycles. The van der Waals surface area contributed by atoms with Gasteiger partial charge in [0.2, 0.25) is 0 Å². The minimum Gasteiger partial charge on any atom is -0.354 e. The van der Waals surface area contributed by atoms with E-state index < -0.39 is 11.7 Å². The van der Waals surface area contributed by atoms with E-state index in [1.165, 1.54) is 36.3 Å². The number of halogens is 2. The number of hydrogen-bond acceptors (Lipinski definition) is 4. The van der Waals surface area contributed by atoms with Crippen molar-refractivity contribution in [1.29, 1.82) is 0 Å². The minimum atomic E-state index is -0.798. The van der Waals surface area contributed by atoms with Gasteiger partial charge in [-0.3, -0.25) is 0 Å². The minimum absolute atomic E-state index is 0.319. The summed E-state index contributed by atoms with van der Waals surface area (Å²) in [6, 6.07) is 12.7. The topological polar surface area (TPSA) is 43.2 Å². The lowest BCUT2D eigenvalue weighted by atomic mass is 9.91. The summed E-state index contributed by atoms with van der Waals surface area (Å²) in [5, 5.41) is 4.98. The van der Waals surface area contributed by atoms with Crippen molar-refractivity contribution < 1.29 is 13.5 Å². The summed E-state index contributed by atoms with van der Waals surface area (Å²) in [6.07, 6.45) is 2.93. The maximum absolute atomic E-state index is 14.2. The second-order valence-corrected chi connectivity index (χ2v) is 6.59. The molecule has 0 spiro atoms. The number of benzene rings is 2. The number of nitrogens with zero attached hydrogens (tertiary/aromatic N) is 3. The first-order valence-corrected chi connectivity index (χ1v) is 8.96. The molecule has 1 unspecified atom stereocenters. The first-order chi connectivity index (χ1) is 12.1. The molecule has 0 N–H and O–H groups in total. The number of rotatable bonds is 5. The highest BCUT2D eigenvalue weighted by Gasteiger charge is 2.60. The predicted octanol–water partition coefficient (Wildman–Crippen LogP) is 3.95. The molecule has 0 amide bonds. The van der Waals surface area contributed by atoms with Crippen molar-refractivity contribution in [2.45, 2.75) is 23.4 Å². The van der Waals surface area contributed by atoms with Gasteiger partial charge in [-0.1, -0.05) is 42.1 Å². The van der Waals surface area contributed by atoms with E-state index in [2.05, 4.69) is 10.1 Å². The largest absolute Gasteiger partial charge is 0.354 e. The molecule has 0 bridgehead atoms. The van der Waals surface area contributed by atoms with Crippen LogP contribution in [0.3, 0.4) is 0 Å². The van der Waals surface area contributed by atoms with Crippen molar-refractivity contribution in [2.24, 2.45) is 0 Å². The van der Waals surface area contributed by atoms with Crippen LogP contribution in [0.1, 0.15) is 17.2 Å². The summed E-state index contributed by atoms with van der Waals surface area (Å²) in [5.41, 5.74) is 0.469. The quantitative estimate of drug-likeness (QED) is 0.511. The summed E-state index contributed by atoms with van der Waals surface area (Å²) in [7, 11) is 0. The molecule has 1 saturated heterocycles. The molecule has 1 aliphatic rings. The smallest absolute Gasteiger partial charge is 0.185 e. The third-order valence-corrected chi connectivity index (χ3v) is 5.04. The fourth-order valence-corrected chi connectivity index (χ4v) is 3.56. The first kappa shape index (κ1) is 16.2. The van der Waals surface area contributed by atoms with E-state index in [1.54, 1.807) is 35.0 Å².